The van der Waals surface area contributed by atoms with Crippen LogP contribution in [0.3, 0.4) is 0 Å². The zero-order valence-electron chi connectivity index (χ0n) is 11.1. The summed E-state index contributed by atoms with van der Waals surface area (Å²) >= 11 is 0. The molecule has 0 bridgehead atoms. The van der Waals surface area contributed by atoms with E-state index in [1.165, 1.54) is 19.3 Å². The van der Waals surface area contributed by atoms with Gasteiger partial charge in [0.2, 0.25) is 0 Å². The topological polar surface area (TPSA) is 53.1 Å². The molecule has 0 aliphatic carbocycles. The maximum Gasteiger partial charge on any atom is 0.0995 e. The number of rotatable bonds is 4. The molecule has 3 heteroatoms. The second-order valence-corrected chi connectivity index (χ2v) is 5.26. The van der Waals surface area contributed by atoms with Gasteiger partial charge >= 0.3 is 0 Å². The lowest BCUT2D eigenvalue weighted by Crippen LogP contribution is -2.42. The summed E-state index contributed by atoms with van der Waals surface area (Å²) in [6.07, 6.45) is 3.86. The highest BCUT2D eigenvalue weighted by Crippen LogP contribution is 2.22. The Morgan fingerprint density at radius 2 is 2.11 bits per heavy atom. The van der Waals surface area contributed by atoms with E-state index >= 15 is 0 Å². The van der Waals surface area contributed by atoms with Gasteiger partial charge in [0.05, 0.1) is 11.8 Å². The van der Waals surface area contributed by atoms with E-state index in [1.54, 1.807) is 0 Å². The van der Waals surface area contributed by atoms with Crippen LogP contribution in [0.2, 0.25) is 0 Å². The van der Waals surface area contributed by atoms with Crippen molar-refractivity contribution in [1.82, 2.24) is 4.90 Å². The smallest absolute Gasteiger partial charge is 0.0995 e. The van der Waals surface area contributed by atoms with Crippen LogP contribution in [0.15, 0.2) is 30.3 Å². The number of nitrogens with two attached hydrogens (primary N) is 1. The molecule has 2 atom stereocenters. The monoisotopic (exact) mass is 245 g/mol. The van der Waals surface area contributed by atoms with Gasteiger partial charge in [-0.2, -0.15) is 0 Å². The molecule has 1 aromatic rings. The first-order valence-corrected chi connectivity index (χ1v) is 6.81. The summed E-state index contributed by atoms with van der Waals surface area (Å²) in [6, 6.07) is 10.8. The van der Waals surface area contributed by atoms with E-state index in [0.29, 0.717) is 6.04 Å². The van der Waals surface area contributed by atoms with E-state index in [0.717, 1.165) is 18.7 Å². The van der Waals surface area contributed by atoms with Crippen LogP contribution < -0.4 is 5.73 Å². The first-order chi connectivity index (χ1) is 8.68. The molecule has 1 fully saturated rings. The Labute approximate surface area is 109 Å². The fourth-order valence-corrected chi connectivity index (χ4v) is 2.73. The number of nitrogens with zero attached hydrogens (tertiary/aromatic N) is 1. The number of hydrogen-bond acceptors (Lipinski definition) is 2. The van der Waals surface area contributed by atoms with E-state index < -0.39 is 0 Å². The summed E-state index contributed by atoms with van der Waals surface area (Å²) in [5.41, 5.74) is 6.94. The van der Waals surface area contributed by atoms with Gasteiger partial charge < -0.3 is 5.73 Å². The third-order valence-electron chi connectivity index (χ3n) is 3.94. The predicted molar refractivity (Wildman–Crippen MR) is 76.0 cm³/mol. The number of nitrogens with one attached hydrogen (secondary N) is 1. The van der Waals surface area contributed by atoms with Crippen molar-refractivity contribution in [2.24, 2.45) is 5.73 Å². The van der Waals surface area contributed by atoms with Gasteiger partial charge in [-0.1, -0.05) is 36.8 Å². The second kappa shape index (κ2) is 6.01. The minimum atomic E-state index is 0.0340. The van der Waals surface area contributed by atoms with E-state index in [9.17, 15) is 0 Å². The summed E-state index contributed by atoms with van der Waals surface area (Å²) in [7, 11) is 0. The lowest BCUT2D eigenvalue weighted by Gasteiger charge is -2.35. The molecule has 1 aliphatic heterocycles. The van der Waals surface area contributed by atoms with Crippen LogP contribution in [0.1, 0.15) is 37.7 Å². The van der Waals surface area contributed by atoms with Gasteiger partial charge in [0.1, 0.15) is 0 Å². The number of benzene rings is 1. The van der Waals surface area contributed by atoms with Crippen LogP contribution in [0, 0.1) is 5.41 Å². The fourth-order valence-electron chi connectivity index (χ4n) is 2.73. The molecular weight excluding hydrogens is 222 g/mol. The molecule has 3 nitrogen and oxygen atoms in total. The Hall–Kier alpha value is -1.35. The molecule has 2 rings (SSSR count). The Kier molecular flexibility index (Phi) is 4.37. The van der Waals surface area contributed by atoms with E-state index in [4.69, 9.17) is 11.1 Å². The average molecular weight is 245 g/mol. The zero-order chi connectivity index (χ0) is 13.0. The van der Waals surface area contributed by atoms with Crippen LogP contribution in [-0.4, -0.2) is 29.9 Å². The first kappa shape index (κ1) is 13.1. The SMILES string of the molecule is CC1CCCCN1CC(C(=N)N)c1ccccc1. The highest BCUT2D eigenvalue weighted by molar-refractivity contribution is 5.84. The summed E-state index contributed by atoms with van der Waals surface area (Å²) in [6.45, 7) is 4.29. The van der Waals surface area contributed by atoms with Gasteiger partial charge in [-0.25, -0.2) is 0 Å². The predicted octanol–water partition coefficient (Wildman–Crippen LogP) is 2.58. The lowest BCUT2D eigenvalue weighted by molar-refractivity contribution is 0.159. The van der Waals surface area contributed by atoms with Crippen LogP contribution in [0.5, 0.6) is 0 Å². The fraction of sp³-hybridized carbons (Fsp3) is 0.533. The van der Waals surface area contributed by atoms with Crippen molar-refractivity contribution in [3.8, 4) is 0 Å². The van der Waals surface area contributed by atoms with Crippen molar-refractivity contribution in [3.63, 3.8) is 0 Å². The standard InChI is InChI=1S/C15H23N3/c1-12-7-5-6-10-18(12)11-14(15(16)17)13-8-3-2-4-9-13/h2-4,8-9,12,14H,5-7,10-11H2,1H3,(H3,16,17). The number of likely N-dealkylation sites (tertiary alicyclic amines) is 1. The molecule has 0 amide bonds. The number of hydrogen-bond donors (Lipinski definition) is 2. The number of piperidine rings is 1. The molecule has 1 saturated heterocycles. The Bertz CT molecular complexity index is 388. The minimum Gasteiger partial charge on any atom is -0.387 e. The van der Waals surface area contributed by atoms with Crippen molar-refractivity contribution in [2.45, 2.75) is 38.1 Å². The molecule has 2 unspecified atom stereocenters. The molecule has 3 N–H and O–H groups in total. The Morgan fingerprint density at radius 3 is 2.72 bits per heavy atom. The molecule has 1 aromatic carbocycles. The third kappa shape index (κ3) is 3.10. The summed E-state index contributed by atoms with van der Waals surface area (Å²) in [4.78, 5) is 2.47. The van der Waals surface area contributed by atoms with Crippen molar-refractivity contribution < 1.29 is 0 Å². The summed E-state index contributed by atoms with van der Waals surface area (Å²) in [5, 5.41) is 7.82. The summed E-state index contributed by atoms with van der Waals surface area (Å²) < 4.78 is 0. The Balaban J connectivity index is 2.09. The summed E-state index contributed by atoms with van der Waals surface area (Å²) in [5.74, 6) is 0.311. The van der Waals surface area contributed by atoms with Crippen molar-refractivity contribution in [3.05, 3.63) is 35.9 Å². The first-order valence-electron chi connectivity index (χ1n) is 6.81. The third-order valence-corrected chi connectivity index (χ3v) is 3.94. The second-order valence-electron chi connectivity index (χ2n) is 5.26. The van der Waals surface area contributed by atoms with Crippen LogP contribution in [0.4, 0.5) is 0 Å². The van der Waals surface area contributed by atoms with E-state index in [-0.39, 0.29) is 11.8 Å². The van der Waals surface area contributed by atoms with Crippen LogP contribution in [0.25, 0.3) is 0 Å². The van der Waals surface area contributed by atoms with Crippen molar-refractivity contribution >= 4 is 5.84 Å². The molecule has 1 heterocycles. The van der Waals surface area contributed by atoms with Crippen molar-refractivity contribution in [1.29, 1.82) is 5.41 Å². The highest BCUT2D eigenvalue weighted by atomic mass is 15.2. The molecule has 0 spiro atoms. The van der Waals surface area contributed by atoms with Crippen LogP contribution in [-0.2, 0) is 0 Å². The minimum absolute atomic E-state index is 0.0340. The molecule has 0 saturated carbocycles. The van der Waals surface area contributed by atoms with Gasteiger partial charge in [0.15, 0.2) is 0 Å². The highest BCUT2D eigenvalue weighted by Gasteiger charge is 2.24. The van der Waals surface area contributed by atoms with Gasteiger partial charge in [0.25, 0.3) is 0 Å². The molecule has 18 heavy (non-hydrogen) atoms. The largest absolute Gasteiger partial charge is 0.387 e. The Morgan fingerprint density at radius 1 is 1.39 bits per heavy atom. The van der Waals surface area contributed by atoms with Gasteiger partial charge in [0, 0.05) is 12.6 Å². The number of amidine groups is 1. The normalized spacial score (nSPS) is 22.6. The maximum atomic E-state index is 7.82. The molecular formula is C15H23N3. The van der Waals surface area contributed by atoms with Gasteiger partial charge in [-0.3, -0.25) is 10.3 Å². The zero-order valence-corrected chi connectivity index (χ0v) is 11.1. The van der Waals surface area contributed by atoms with E-state index in [1.807, 2.05) is 18.2 Å². The van der Waals surface area contributed by atoms with E-state index in [2.05, 4.69) is 24.0 Å². The average Bonchev–Trinajstić information content (AvgIpc) is 2.38. The molecule has 0 aromatic heterocycles. The lowest BCUT2D eigenvalue weighted by atomic mass is 9.95. The van der Waals surface area contributed by atoms with Crippen LogP contribution >= 0.6 is 0 Å². The quantitative estimate of drug-likeness (QED) is 0.633. The maximum absolute atomic E-state index is 7.82. The molecule has 1 aliphatic rings. The molecule has 0 radical (unpaired) electrons. The van der Waals surface area contributed by atoms with Gasteiger partial charge in [-0.05, 0) is 31.9 Å². The van der Waals surface area contributed by atoms with Crippen molar-refractivity contribution in [2.75, 3.05) is 13.1 Å². The van der Waals surface area contributed by atoms with Gasteiger partial charge in [-0.15, -0.1) is 0 Å². The molecule has 98 valence electrons.